The smallest absolute Gasteiger partial charge is 0.234 e. The van der Waals surface area contributed by atoms with Crippen molar-refractivity contribution in [2.75, 3.05) is 38.0 Å². The minimum Gasteiger partial charge on any atom is -0.384 e. The van der Waals surface area contributed by atoms with Gasteiger partial charge < -0.3 is 10.6 Å². The van der Waals surface area contributed by atoms with E-state index in [1.807, 2.05) is 30.3 Å². The maximum absolute atomic E-state index is 12.0. The molecular weight excluding hydrogens is 396 g/mol. The molecule has 0 aliphatic carbocycles. The summed E-state index contributed by atoms with van der Waals surface area (Å²) in [5.41, 5.74) is 4.17. The monoisotopic (exact) mass is 428 g/mol. The molecule has 0 unspecified atom stereocenters. The quantitative estimate of drug-likeness (QED) is 0.455. The molecule has 4 rings (SSSR count). The molecule has 1 aliphatic heterocycles. The van der Waals surface area contributed by atoms with Gasteiger partial charge in [0.05, 0.1) is 17.8 Å². The van der Waals surface area contributed by atoms with Gasteiger partial charge in [0.2, 0.25) is 5.91 Å². The Hall–Kier alpha value is -3.18. The Bertz CT molecular complexity index is 1040. The number of carbonyl (C=O) groups is 1. The number of rotatable bonds is 10. The van der Waals surface area contributed by atoms with Crippen molar-refractivity contribution >= 4 is 34.6 Å². The van der Waals surface area contributed by atoms with Crippen molar-refractivity contribution < 1.29 is 4.79 Å². The highest BCUT2D eigenvalue weighted by atomic mass is 16.2. The summed E-state index contributed by atoms with van der Waals surface area (Å²) < 4.78 is 0. The molecule has 2 heterocycles. The fourth-order valence-electron chi connectivity index (χ4n) is 4.07. The first-order valence-electron chi connectivity index (χ1n) is 11.6. The Balaban J connectivity index is 1.29. The van der Waals surface area contributed by atoms with Crippen LogP contribution in [-0.4, -0.2) is 48.5 Å². The standard InChI is InChI=1S/C27H32N4O/c32-27(21-31-18-8-9-19-31)29-17-7-6-16-28-26-20-23(15-14-22-10-2-1-3-11-22)30-25-13-5-4-12-24(25)26/h1-5,10-15,20H,6-9,16-19,21H2,(H,28,30)(H,29,32)/b15-14+. The van der Waals surface area contributed by atoms with Crippen LogP contribution >= 0.6 is 0 Å². The molecule has 1 aromatic heterocycles. The second-order valence-electron chi connectivity index (χ2n) is 8.32. The van der Waals surface area contributed by atoms with Crippen molar-refractivity contribution in [1.29, 1.82) is 0 Å². The second-order valence-corrected chi connectivity index (χ2v) is 8.32. The summed E-state index contributed by atoms with van der Waals surface area (Å²) in [5, 5.41) is 7.76. The summed E-state index contributed by atoms with van der Waals surface area (Å²) >= 11 is 0. The molecule has 2 N–H and O–H groups in total. The van der Waals surface area contributed by atoms with Crippen LogP contribution in [0.25, 0.3) is 23.1 Å². The molecule has 5 nitrogen and oxygen atoms in total. The maximum atomic E-state index is 12.0. The van der Waals surface area contributed by atoms with E-state index in [9.17, 15) is 4.79 Å². The predicted octanol–water partition coefficient (Wildman–Crippen LogP) is 4.81. The number of anilines is 1. The van der Waals surface area contributed by atoms with Crippen LogP contribution in [0.4, 0.5) is 5.69 Å². The fraction of sp³-hybridized carbons (Fsp3) is 0.333. The molecule has 1 aliphatic rings. The maximum Gasteiger partial charge on any atom is 0.234 e. The number of aromatic nitrogens is 1. The van der Waals surface area contributed by atoms with Crippen LogP contribution in [0.5, 0.6) is 0 Å². The number of unbranched alkanes of at least 4 members (excludes halogenated alkanes) is 1. The van der Waals surface area contributed by atoms with Crippen molar-refractivity contribution in [2.24, 2.45) is 0 Å². The summed E-state index contributed by atoms with van der Waals surface area (Å²) in [5.74, 6) is 0.148. The van der Waals surface area contributed by atoms with Crippen molar-refractivity contribution in [3.63, 3.8) is 0 Å². The molecule has 166 valence electrons. The SMILES string of the molecule is O=C(CN1CCCC1)NCCCCNc1cc(/C=C/c2ccccc2)nc2ccccc12. The summed E-state index contributed by atoms with van der Waals surface area (Å²) in [7, 11) is 0. The molecular formula is C27H32N4O. The van der Waals surface area contributed by atoms with Gasteiger partial charge in [0.15, 0.2) is 0 Å². The van der Waals surface area contributed by atoms with Crippen molar-refractivity contribution in [3.05, 3.63) is 71.9 Å². The molecule has 2 aromatic carbocycles. The summed E-state index contributed by atoms with van der Waals surface area (Å²) in [6.07, 6.45) is 8.53. The molecule has 0 saturated carbocycles. The molecule has 5 heteroatoms. The van der Waals surface area contributed by atoms with Crippen molar-refractivity contribution in [2.45, 2.75) is 25.7 Å². The number of benzene rings is 2. The van der Waals surface area contributed by atoms with Gasteiger partial charge in [-0.05, 0) is 62.5 Å². The number of hydrogen-bond donors (Lipinski definition) is 2. The summed E-state index contributed by atoms with van der Waals surface area (Å²) in [6, 6.07) is 20.6. The molecule has 0 atom stereocenters. The van der Waals surface area contributed by atoms with Crippen LogP contribution in [0.1, 0.15) is 36.9 Å². The van der Waals surface area contributed by atoms with Gasteiger partial charge in [-0.15, -0.1) is 0 Å². The Morgan fingerprint density at radius 1 is 0.938 bits per heavy atom. The lowest BCUT2D eigenvalue weighted by molar-refractivity contribution is -0.122. The topological polar surface area (TPSA) is 57.3 Å². The summed E-state index contributed by atoms with van der Waals surface area (Å²) in [4.78, 5) is 19.0. The minimum absolute atomic E-state index is 0.148. The first-order valence-corrected chi connectivity index (χ1v) is 11.6. The number of hydrogen-bond acceptors (Lipinski definition) is 4. The van der Waals surface area contributed by atoms with Gasteiger partial charge in [0.25, 0.3) is 0 Å². The molecule has 3 aromatic rings. The molecule has 1 fully saturated rings. The number of carbonyl (C=O) groups excluding carboxylic acids is 1. The number of nitrogens with one attached hydrogen (secondary N) is 2. The van der Waals surface area contributed by atoms with Crippen LogP contribution in [0.3, 0.4) is 0 Å². The van der Waals surface area contributed by atoms with E-state index in [-0.39, 0.29) is 5.91 Å². The van der Waals surface area contributed by atoms with Gasteiger partial charge in [-0.3, -0.25) is 9.69 Å². The van der Waals surface area contributed by atoms with E-state index in [1.165, 1.54) is 12.8 Å². The van der Waals surface area contributed by atoms with Crippen LogP contribution in [0.2, 0.25) is 0 Å². The number of para-hydroxylation sites is 1. The van der Waals surface area contributed by atoms with Gasteiger partial charge in [-0.25, -0.2) is 4.98 Å². The summed E-state index contributed by atoms with van der Waals surface area (Å²) in [6.45, 7) is 4.24. The van der Waals surface area contributed by atoms with Gasteiger partial charge in [0, 0.05) is 24.2 Å². The zero-order valence-electron chi connectivity index (χ0n) is 18.6. The van der Waals surface area contributed by atoms with Gasteiger partial charge >= 0.3 is 0 Å². The average Bonchev–Trinajstić information content (AvgIpc) is 3.33. The van der Waals surface area contributed by atoms with E-state index in [0.717, 1.165) is 66.9 Å². The zero-order chi connectivity index (χ0) is 22.0. The second kappa shape index (κ2) is 11.4. The van der Waals surface area contributed by atoms with E-state index in [4.69, 9.17) is 4.98 Å². The van der Waals surface area contributed by atoms with E-state index < -0.39 is 0 Å². The van der Waals surface area contributed by atoms with Gasteiger partial charge in [-0.2, -0.15) is 0 Å². The number of amides is 1. The van der Waals surface area contributed by atoms with E-state index in [1.54, 1.807) is 0 Å². The number of nitrogens with zero attached hydrogens (tertiary/aromatic N) is 2. The largest absolute Gasteiger partial charge is 0.384 e. The Morgan fingerprint density at radius 3 is 2.53 bits per heavy atom. The van der Waals surface area contributed by atoms with Crippen LogP contribution in [0, 0.1) is 0 Å². The van der Waals surface area contributed by atoms with E-state index in [2.05, 4.69) is 58.0 Å². The number of likely N-dealkylation sites (tertiary alicyclic amines) is 1. The van der Waals surface area contributed by atoms with Gasteiger partial charge in [-0.1, -0.05) is 54.6 Å². The Labute approximate surface area is 190 Å². The third-order valence-electron chi connectivity index (χ3n) is 5.79. The third-order valence-corrected chi connectivity index (χ3v) is 5.79. The van der Waals surface area contributed by atoms with Crippen LogP contribution < -0.4 is 10.6 Å². The molecule has 1 saturated heterocycles. The minimum atomic E-state index is 0.148. The lowest BCUT2D eigenvalue weighted by atomic mass is 10.1. The molecule has 32 heavy (non-hydrogen) atoms. The lowest BCUT2D eigenvalue weighted by Gasteiger charge is -2.14. The Kier molecular flexibility index (Phi) is 7.88. The number of pyridine rings is 1. The first kappa shape index (κ1) is 22.0. The molecule has 0 radical (unpaired) electrons. The third kappa shape index (κ3) is 6.41. The predicted molar refractivity (Wildman–Crippen MR) is 134 cm³/mol. The van der Waals surface area contributed by atoms with Crippen molar-refractivity contribution in [3.8, 4) is 0 Å². The fourth-order valence-corrected chi connectivity index (χ4v) is 4.07. The van der Waals surface area contributed by atoms with Crippen LogP contribution in [0.15, 0.2) is 60.7 Å². The average molecular weight is 429 g/mol. The molecule has 1 amide bonds. The Morgan fingerprint density at radius 2 is 1.69 bits per heavy atom. The van der Waals surface area contributed by atoms with Crippen LogP contribution in [-0.2, 0) is 4.79 Å². The lowest BCUT2D eigenvalue weighted by Crippen LogP contribution is -2.36. The molecule has 0 bridgehead atoms. The highest BCUT2D eigenvalue weighted by Gasteiger charge is 2.14. The normalized spacial score (nSPS) is 14.2. The highest BCUT2D eigenvalue weighted by Crippen LogP contribution is 2.24. The van der Waals surface area contributed by atoms with E-state index in [0.29, 0.717) is 6.54 Å². The van der Waals surface area contributed by atoms with Gasteiger partial charge in [0.1, 0.15) is 0 Å². The van der Waals surface area contributed by atoms with Crippen molar-refractivity contribution in [1.82, 2.24) is 15.2 Å². The van der Waals surface area contributed by atoms with E-state index >= 15 is 0 Å². The zero-order valence-corrected chi connectivity index (χ0v) is 18.6. The first-order chi connectivity index (χ1) is 15.8. The molecule has 0 spiro atoms. The number of fused-ring (bicyclic) bond motifs is 1. The highest BCUT2D eigenvalue weighted by molar-refractivity contribution is 5.92.